The van der Waals surface area contributed by atoms with Crippen molar-refractivity contribution in [2.24, 2.45) is 0 Å². The molecule has 1 aromatic rings. The van der Waals surface area contributed by atoms with Gasteiger partial charge in [-0.25, -0.2) is 0 Å². The van der Waals surface area contributed by atoms with Gasteiger partial charge in [-0.05, 0) is 31.9 Å². The topological polar surface area (TPSA) is 57.6 Å². The van der Waals surface area contributed by atoms with Gasteiger partial charge in [0.2, 0.25) is 0 Å². The van der Waals surface area contributed by atoms with Crippen LogP contribution in [0.5, 0.6) is 0 Å². The Labute approximate surface area is 103 Å². The van der Waals surface area contributed by atoms with Gasteiger partial charge in [0, 0.05) is 19.3 Å². The van der Waals surface area contributed by atoms with Crippen LogP contribution in [0.15, 0.2) is 24.3 Å². The molecule has 0 aliphatic carbocycles. The van der Waals surface area contributed by atoms with Crippen LogP contribution in [0.1, 0.15) is 18.4 Å². The second-order valence-electron chi connectivity index (χ2n) is 4.25. The largest absolute Gasteiger partial charge is 0.375 e. The van der Waals surface area contributed by atoms with Crippen LogP contribution < -0.4 is 4.90 Å². The van der Waals surface area contributed by atoms with Crippen LogP contribution in [0.4, 0.5) is 5.69 Å². The lowest BCUT2D eigenvalue weighted by atomic mass is 10.2. The Kier molecular flexibility index (Phi) is 4.96. The molecule has 17 heavy (non-hydrogen) atoms. The van der Waals surface area contributed by atoms with E-state index in [2.05, 4.69) is 4.90 Å². The summed E-state index contributed by atoms with van der Waals surface area (Å²) in [5.74, 6) is -0.158. The molecule has 0 aliphatic heterocycles. The van der Waals surface area contributed by atoms with E-state index in [0.29, 0.717) is 6.42 Å². The van der Waals surface area contributed by atoms with E-state index in [-0.39, 0.29) is 5.75 Å². The van der Waals surface area contributed by atoms with Gasteiger partial charge < -0.3 is 4.90 Å². The number of unbranched alkanes of at least 4 members (excludes halogenated alkanes) is 1. The molecule has 0 heterocycles. The molecule has 0 amide bonds. The van der Waals surface area contributed by atoms with Gasteiger partial charge in [0.15, 0.2) is 0 Å². The molecule has 1 N–H and O–H groups in total. The lowest BCUT2D eigenvalue weighted by Gasteiger charge is -2.19. The zero-order chi connectivity index (χ0) is 12.9. The summed E-state index contributed by atoms with van der Waals surface area (Å²) >= 11 is 0. The zero-order valence-corrected chi connectivity index (χ0v) is 11.1. The van der Waals surface area contributed by atoms with Gasteiger partial charge in [0.05, 0.1) is 5.75 Å². The second-order valence-corrected chi connectivity index (χ2v) is 5.82. The van der Waals surface area contributed by atoms with Crippen molar-refractivity contribution in [2.45, 2.75) is 19.8 Å². The number of anilines is 1. The van der Waals surface area contributed by atoms with Crippen LogP contribution in [0.2, 0.25) is 0 Å². The fourth-order valence-corrected chi connectivity index (χ4v) is 2.13. The molecule has 0 spiro atoms. The highest BCUT2D eigenvalue weighted by Gasteiger charge is 2.05. The van der Waals surface area contributed by atoms with Crippen LogP contribution in [0, 0.1) is 6.92 Å². The summed E-state index contributed by atoms with van der Waals surface area (Å²) in [6, 6.07) is 8.17. The van der Waals surface area contributed by atoms with Crippen molar-refractivity contribution in [3.8, 4) is 0 Å². The summed E-state index contributed by atoms with van der Waals surface area (Å²) in [6.07, 6.45) is 1.22. The molecule has 0 saturated heterocycles. The van der Waals surface area contributed by atoms with Crippen molar-refractivity contribution in [3.63, 3.8) is 0 Å². The van der Waals surface area contributed by atoms with Crippen molar-refractivity contribution >= 4 is 15.8 Å². The highest BCUT2D eigenvalue weighted by atomic mass is 32.2. The molecule has 0 aromatic heterocycles. The fourth-order valence-electron chi connectivity index (χ4n) is 1.56. The average Bonchev–Trinajstić information content (AvgIpc) is 2.24. The van der Waals surface area contributed by atoms with Crippen LogP contribution in [-0.2, 0) is 10.1 Å². The molecular formula is C12H19NO3S. The number of benzene rings is 1. The molecule has 0 aliphatic rings. The number of aryl methyl sites for hydroxylation is 1. The number of nitrogens with zero attached hydrogens (tertiary/aromatic N) is 1. The molecule has 0 fully saturated rings. The van der Waals surface area contributed by atoms with Gasteiger partial charge in [0.1, 0.15) is 0 Å². The molecule has 5 heteroatoms. The smallest absolute Gasteiger partial charge is 0.264 e. The Morgan fingerprint density at radius 3 is 2.29 bits per heavy atom. The van der Waals surface area contributed by atoms with Crippen LogP contribution in [0.3, 0.4) is 0 Å². The standard InChI is InChI=1S/C12H19NO3S/c1-11-5-7-12(8-6-11)13(2)9-3-4-10-17(14,15)16/h5-8H,3-4,9-10H2,1-2H3,(H,14,15,16). The maximum absolute atomic E-state index is 10.5. The Balaban J connectivity index is 2.35. The lowest BCUT2D eigenvalue weighted by Crippen LogP contribution is -2.19. The number of rotatable bonds is 6. The summed E-state index contributed by atoms with van der Waals surface area (Å²) in [4.78, 5) is 2.07. The minimum atomic E-state index is -3.81. The summed E-state index contributed by atoms with van der Waals surface area (Å²) in [7, 11) is -1.84. The minimum Gasteiger partial charge on any atom is -0.375 e. The van der Waals surface area contributed by atoms with E-state index in [1.165, 1.54) is 5.56 Å². The van der Waals surface area contributed by atoms with Crippen molar-refractivity contribution in [1.82, 2.24) is 0 Å². The predicted octanol–water partition coefficient (Wildman–Crippen LogP) is 2.10. The predicted molar refractivity (Wildman–Crippen MR) is 70.1 cm³/mol. The van der Waals surface area contributed by atoms with Gasteiger partial charge in [-0.15, -0.1) is 0 Å². The molecule has 0 radical (unpaired) electrons. The van der Waals surface area contributed by atoms with Gasteiger partial charge in [-0.3, -0.25) is 4.55 Å². The molecule has 1 rings (SSSR count). The van der Waals surface area contributed by atoms with E-state index in [1.54, 1.807) is 0 Å². The van der Waals surface area contributed by atoms with E-state index in [1.807, 2.05) is 38.2 Å². The Bertz CT molecular complexity index is 439. The van der Waals surface area contributed by atoms with Gasteiger partial charge in [0.25, 0.3) is 10.1 Å². The molecule has 1 aromatic carbocycles. The first-order valence-corrected chi connectivity index (χ1v) is 7.22. The molecule has 0 unspecified atom stereocenters. The normalized spacial score (nSPS) is 11.5. The van der Waals surface area contributed by atoms with Gasteiger partial charge >= 0.3 is 0 Å². The number of hydrogen-bond acceptors (Lipinski definition) is 3. The summed E-state index contributed by atoms with van der Waals surface area (Å²) in [6.45, 7) is 2.81. The summed E-state index contributed by atoms with van der Waals surface area (Å²) in [5.41, 5.74) is 2.33. The molecule has 0 bridgehead atoms. The minimum absolute atomic E-state index is 0.158. The molecular weight excluding hydrogens is 238 g/mol. The third-order valence-corrected chi connectivity index (χ3v) is 3.43. The summed E-state index contributed by atoms with van der Waals surface area (Å²) < 4.78 is 29.6. The van der Waals surface area contributed by atoms with E-state index >= 15 is 0 Å². The zero-order valence-electron chi connectivity index (χ0n) is 10.3. The van der Waals surface area contributed by atoms with Crippen molar-refractivity contribution in [3.05, 3.63) is 29.8 Å². The summed E-state index contributed by atoms with van der Waals surface area (Å²) in [5, 5.41) is 0. The number of hydrogen-bond donors (Lipinski definition) is 1. The van der Waals surface area contributed by atoms with E-state index in [0.717, 1.165) is 18.7 Å². The average molecular weight is 257 g/mol. The van der Waals surface area contributed by atoms with Crippen LogP contribution >= 0.6 is 0 Å². The highest BCUT2D eigenvalue weighted by molar-refractivity contribution is 7.85. The SMILES string of the molecule is Cc1ccc(N(C)CCCCS(=O)(=O)O)cc1. The third-order valence-electron chi connectivity index (χ3n) is 2.62. The second kappa shape index (κ2) is 6.02. The lowest BCUT2D eigenvalue weighted by molar-refractivity contribution is 0.480. The van der Waals surface area contributed by atoms with E-state index < -0.39 is 10.1 Å². The Morgan fingerprint density at radius 1 is 1.18 bits per heavy atom. The van der Waals surface area contributed by atoms with Crippen molar-refractivity contribution < 1.29 is 13.0 Å². The maximum atomic E-state index is 10.5. The molecule has 4 nitrogen and oxygen atoms in total. The Hall–Kier alpha value is -1.07. The first-order chi connectivity index (χ1) is 7.88. The van der Waals surface area contributed by atoms with E-state index in [9.17, 15) is 8.42 Å². The van der Waals surface area contributed by atoms with Crippen molar-refractivity contribution in [1.29, 1.82) is 0 Å². The first kappa shape index (κ1) is 14.0. The van der Waals surface area contributed by atoms with Crippen LogP contribution in [0.25, 0.3) is 0 Å². The molecule has 96 valence electrons. The van der Waals surface area contributed by atoms with Crippen molar-refractivity contribution in [2.75, 3.05) is 24.2 Å². The maximum Gasteiger partial charge on any atom is 0.264 e. The quantitative estimate of drug-likeness (QED) is 0.626. The monoisotopic (exact) mass is 257 g/mol. The van der Waals surface area contributed by atoms with E-state index in [4.69, 9.17) is 4.55 Å². The first-order valence-electron chi connectivity index (χ1n) is 5.61. The molecule has 0 atom stereocenters. The van der Waals surface area contributed by atoms with Crippen LogP contribution in [-0.4, -0.2) is 32.3 Å². The third kappa shape index (κ3) is 5.70. The van der Waals surface area contributed by atoms with Gasteiger partial charge in [-0.2, -0.15) is 8.42 Å². The van der Waals surface area contributed by atoms with Gasteiger partial charge in [-0.1, -0.05) is 17.7 Å². The molecule has 0 saturated carbocycles. The fraction of sp³-hybridized carbons (Fsp3) is 0.500. The highest BCUT2D eigenvalue weighted by Crippen LogP contribution is 2.13. The Morgan fingerprint density at radius 2 is 1.76 bits per heavy atom.